The van der Waals surface area contributed by atoms with Crippen LogP contribution < -0.4 is 9.46 Å². The highest BCUT2D eigenvalue weighted by atomic mass is 35.5. The lowest BCUT2D eigenvalue weighted by Crippen LogP contribution is -2.44. The number of sulfonamides is 1. The van der Waals surface area contributed by atoms with E-state index in [1.807, 2.05) is 6.07 Å². The maximum atomic E-state index is 13.0. The lowest BCUT2D eigenvalue weighted by atomic mass is 10.1. The van der Waals surface area contributed by atoms with E-state index in [1.165, 1.54) is 18.2 Å². The van der Waals surface area contributed by atoms with Crippen molar-refractivity contribution in [3.8, 4) is 11.5 Å². The Kier molecular flexibility index (Phi) is 5.27. The third kappa shape index (κ3) is 4.05. The molecule has 1 aliphatic carbocycles. The van der Waals surface area contributed by atoms with Gasteiger partial charge in [-0.3, -0.25) is 4.79 Å². The molecule has 0 saturated heterocycles. The van der Waals surface area contributed by atoms with Crippen LogP contribution >= 0.6 is 11.6 Å². The van der Waals surface area contributed by atoms with Gasteiger partial charge in [-0.1, -0.05) is 48.0 Å². The normalized spacial score (nSPS) is 20.5. The molecule has 2 unspecified atom stereocenters. The summed E-state index contributed by atoms with van der Waals surface area (Å²) >= 11 is 5.86. The first-order valence-corrected chi connectivity index (χ1v) is 11.0. The Bertz CT molecular complexity index is 1180. The van der Waals surface area contributed by atoms with Crippen molar-refractivity contribution in [2.24, 2.45) is 0 Å². The monoisotopic (exact) mass is 443 g/mol. The highest BCUT2D eigenvalue weighted by Gasteiger charge is 2.63. The van der Waals surface area contributed by atoms with E-state index in [4.69, 9.17) is 16.3 Å². The van der Waals surface area contributed by atoms with Crippen molar-refractivity contribution in [2.45, 2.75) is 22.8 Å². The summed E-state index contributed by atoms with van der Waals surface area (Å²) in [4.78, 5) is 11.9. The fraction of sp³-hybridized carbons (Fsp3) is 0.136. The molecule has 0 heterocycles. The second-order valence-electron chi connectivity index (χ2n) is 7.08. The minimum absolute atomic E-state index is 0.0756. The number of aliphatic carboxylic acids is 1. The molecule has 6 nitrogen and oxygen atoms in total. The average molecular weight is 444 g/mol. The van der Waals surface area contributed by atoms with E-state index in [0.717, 1.165) is 5.56 Å². The Morgan fingerprint density at radius 2 is 1.70 bits per heavy atom. The van der Waals surface area contributed by atoms with Gasteiger partial charge in [0.2, 0.25) is 10.0 Å². The summed E-state index contributed by atoms with van der Waals surface area (Å²) in [6.07, 6.45) is 0.187. The summed E-state index contributed by atoms with van der Waals surface area (Å²) in [6, 6.07) is 21.6. The molecule has 0 spiro atoms. The van der Waals surface area contributed by atoms with Crippen LogP contribution in [-0.4, -0.2) is 25.0 Å². The number of hydrogen-bond acceptors (Lipinski definition) is 4. The van der Waals surface area contributed by atoms with Gasteiger partial charge in [-0.15, -0.1) is 0 Å². The lowest BCUT2D eigenvalue weighted by Gasteiger charge is -2.16. The maximum Gasteiger partial charge on any atom is 0.325 e. The molecule has 4 rings (SSSR count). The molecule has 2 N–H and O–H groups in total. The Morgan fingerprint density at radius 3 is 2.37 bits per heavy atom. The van der Waals surface area contributed by atoms with Gasteiger partial charge >= 0.3 is 5.97 Å². The van der Waals surface area contributed by atoms with Crippen molar-refractivity contribution in [3.63, 3.8) is 0 Å². The number of carboxylic acids is 1. The summed E-state index contributed by atoms with van der Waals surface area (Å²) < 4.78 is 34.0. The SMILES string of the molecule is O=C(O)C1(NS(=O)(=O)c2cccc(Oc3ccc(Cl)cc3)c2)CC1c1ccccc1. The second-order valence-corrected chi connectivity index (χ2v) is 9.20. The fourth-order valence-corrected chi connectivity index (χ4v) is 4.95. The van der Waals surface area contributed by atoms with Crippen LogP contribution in [0.2, 0.25) is 5.02 Å². The van der Waals surface area contributed by atoms with Crippen molar-refractivity contribution in [2.75, 3.05) is 0 Å². The molecule has 3 aromatic rings. The van der Waals surface area contributed by atoms with E-state index >= 15 is 0 Å². The van der Waals surface area contributed by atoms with E-state index < -0.39 is 27.4 Å². The van der Waals surface area contributed by atoms with Crippen LogP contribution in [0.4, 0.5) is 0 Å². The Hall–Kier alpha value is -2.87. The standard InChI is InChI=1S/C22H18ClNO5S/c23-16-9-11-17(12-10-16)29-18-7-4-8-19(13-18)30(27,28)24-22(21(25)26)14-20(22)15-5-2-1-3-6-15/h1-13,20,24H,14H2,(H,25,26). The molecule has 8 heteroatoms. The van der Waals surface area contributed by atoms with Gasteiger partial charge in [-0.2, -0.15) is 4.72 Å². The highest BCUT2D eigenvalue weighted by molar-refractivity contribution is 7.89. The van der Waals surface area contributed by atoms with Crippen molar-refractivity contribution < 1.29 is 23.1 Å². The molecule has 0 aromatic heterocycles. The quantitative estimate of drug-likeness (QED) is 0.563. The van der Waals surface area contributed by atoms with Crippen LogP contribution in [0, 0.1) is 0 Å². The van der Waals surface area contributed by atoms with Gasteiger partial charge in [-0.05, 0) is 48.4 Å². The van der Waals surface area contributed by atoms with Crippen molar-refractivity contribution in [1.29, 1.82) is 0 Å². The van der Waals surface area contributed by atoms with Crippen LogP contribution in [0.3, 0.4) is 0 Å². The minimum Gasteiger partial charge on any atom is -0.480 e. The second kappa shape index (κ2) is 7.75. The highest BCUT2D eigenvalue weighted by Crippen LogP contribution is 2.52. The van der Waals surface area contributed by atoms with Gasteiger partial charge in [-0.25, -0.2) is 8.42 Å². The first-order valence-electron chi connectivity index (χ1n) is 9.16. The smallest absolute Gasteiger partial charge is 0.325 e. The van der Waals surface area contributed by atoms with Gasteiger partial charge in [0, 0.05) is 17.0 Å². The van der Waals surface area contributed by atoms with Crippen LogP contribution in [0.1, 0.15) is 17.9 Å². The topological polar surface area (TPSA) is 92.7 Å². The fourth-order valence-electron chi connectivity index (χ4n) is 3.39. The average Bonchev–Trinajstić information content (AvgIpc) is 3.45. The van der Waals surface area contributed by atoms with Crippen LogP contribution in [-0.2, 0) is 14.8 Å². The Morgan fingerprint density at radius 1 is 1.00 bits per heavy atom. The molecule has 2 atom stereocenters. The minimum atomic E-state index is -4.09. The summed E-state index contributed by atoms with van der Waals surface area (Å²) in [5.41, 5.74) is -0.782. The zero-order valence-electron chi connectivity index (χ0n) is 15.7. The third-order valence-electron chi connectivity index (χ3n) is 5.03. The molecule has 30 heavy (non-hydrogen) atoms. The maximum absolute atomic E-state index is 13.0. The number of benzene rings is 3. The molecular weight excluding hydrogens is 426 g/mol. The molecule has 1 aliphatic rings. The number of carbonyl (C=O) groups is 1. The van der Waals surface area contributed by atoms with Crippen LogP contribution in [0.15, 0.2) is 83.8 Å². The number of ether oxygens (including phenoxy) is 1. The van der Waals surface area contributed by atoms with E-state index in [-0.39, 0.29) is 11.3 Å². The first-order chi connectivity index (χ1) is 14.3. The largest absolute Gasteiger partial charge is 0.480 e. The Labute approximate surface area is 179 Å². The number of nitrogens with one attached hydrogen (secondary N) is 1. The molecule has 154 valence electrons. The van der Waals surface area contributed by atoms with Gasteiger partial charge in [0.25, 0.3) is 0 Å². The van der Waals surface area contributed by atoms with E-state index in [2.05, 4.69) is 4.72 Å². The molecule has 0 amide bonds. The van der Waals surface area contributed by atoms with Gasteiger partial charge in [0.05, 0.1) is 4.90 Å². The van der Waals surface area contributed by atoms with Crippen molar-refractivity contribution >= 4 is 27.6 Å². The summed E-state index contributed by atoms with van der Waals surface area (Å²) in [7, 11) is -4.09. The summed E-state index contributed by atoms with van der Waals surface area (Å²) in [6.45, 7) is 0. The van der Waals surface area contributed by atoms with Gasteiger partial charge in [0.15, 0.2) is 0 Å². The van der Waals surface area contributed by atoms with Gasteiger partial charge < -0.3 is 9.84 Å². The third-order valence-corrected chi connectivity index (χ3v) is 6.79. The molecule has 1 fully saturated rings. The Balaban J connectivity index is 1.57. The molecule has 1 saturated carbocycles. The zero-order chi connectivity index (χ0) is 21.4. The van der Waals surface area contributed by atoms with Crippen LogP contribution in [0.25, 0.3) is 0 Å². The molecule has 0 bridgehead atoms. The number of hydrogen-bond donors (Lipinski definition) is 2. The number of carboxylic acid groups (broad SMARTS) is 1. The zero-order valence-corrected chi connectivity index (χ0v) is 17.2. The molecular formula is C22H18ClNO5S. The lowest BCUT2D eigenvalue weighted by molar-refractivity contribution is -0.140. The number of rotatable bonds is 7. The summed E-state index contributed by atoms with van der Waals surface area (Å²) in [5.74, 6) is -0.830. The molecule has 0 aliphatic heterocycles. The van der Waals surface area contributed by atoms with Crippen LogP contribution in [0.5, 0.6) is 11.5 Å². The van der Waals surface area contributed by atoms with E-state index in [9.17, 15) is 18.3 Å². The number of halogens is 1. The predicted molar refractivity (Wildman–Crippen MR) is 112 cm³/mol. The molecule has 3 aromatic carbocycles. The van der Waals surface area contributed by atoms with Gasteiger partial charge in [0.1, 0.15) is 17.0 Å². The van der Waals surface area contributed by atoms with Crippen molar-refractivity contribution in [1.82, 2.24) is 4.72 Å². The first kappa shape index (κ1) is 20.4. The van der Waals surface area contributed by atoms with E-state index in [0.29, 0.717) is 16.5 Å². The van der Waals surface area contributed by atoms with E-state index in [1.54, 1.807) is 54.6 Å². The molecule has 0 radical (unpaired) electrons. The predicted octanol–water partition coefficient (Wildman–Crippen LogP) is 4.42. The van der Waals surface area contributed by atoms with Crippen molar-refractivity contribution in [3.05, 3.63) is 89.4 Å². The summed E-state index contributed by atoms with van der Waals surface area (Å²) in [5, 5.41) is 10.3.